The number of rotatable bonds is 3. The summed E-state index contributed by atoms with van der Waals surface area (Å²) in [5.74, 6) is -1.15. The SMILES string of the molecule is O=C(O)c1ccc2ccccc2c1C(Br)S(=O)[O-]. The lowest BCUT2D eigenvalue weighted by Crippen LogP contribution is -2.08. The second kappa shape index (κ2) is 5.17. The first kappa shape index (κ1) is 13.2. The minimum absolute atomic E-state index is 0.0141. The summed E-state index contributed by atoms with van der Waals surface area (Å²) < 4.78 is 21.1. The van der Waals surface area contributed by atoms with Crippen molar-refractivity contribution in [3.63, 3.8) is 0 Å². The summed E-state index contributed by atoms with van der Waals surface area (Å²) in [5, 5.41) is 10.5. The average molecular weight is 328 g/mol. The summed E-state index contributed by atoms with van der Waals surface area (Å²) in [7, 11) is 0. The lowest BCUT2D eigenvalue weighted by atomic mass is 10.00. The Morgan fingerprint density at radius 3 is 2.56 bits per heavy atom. The normalized spacial score (nSPS) is 14.3. The van der Waals surface area contributed by atoms with Crippen LogP contribution >= 0.6 is 15.9 Å². The van der Waals surface area contributed by atoms with Crippen molar-refractivity contribution in [3.05, 3.63) is 47.5 Å². The molecule has 0 saturated heterocycles. The van der Waals surface area contributed by atoms with Crippen LogP contribution in [0.15, 0.2) is 36.4 Å². The van der Waals surface area contributed by atoms with Gasteiger partial charge >= 0.3 is 5.97 Å². The zero-order chi connectivity index (χ0) is 13.3. The van der Waals surface area contributed by atoms with Crippen LogP contribution in [0.25, 0.3) is 10.8 Å². The smallest absolute Gasteiger partial charge is 0.336 e. The van der Waals surface area contributed by atoms with E-state index in [2.05, 4.69) is 15.9 Å². The molecule has 0 amide bonds. The summed E-state index contributed by atoms with van der Waals surface area (Å²) in [4.78, 5) is 11.2. The molecule has 0 aliphatic carbocycles. The fourth-order valence-electron chi connectivity index (χ4n) is 1.82. The number of hydrogen-bond acceptors (Lipinski definition) is 3. The van der Waals surface area contributed by atoms with E-state index >= 15 is 0 Å². The molecule has 0 saturated carbocycles. The number of halogens is 1. The molecule has 0 aromatic heterocycles. The summed E-state index contributed by atoms with van der Waals surface area (Å²) in [5.41, 5.74) is 0.244. The van der Waals surface area contributed by atoms with Gasteiger partial charge in [0.2, 0.25) is 0 Å². The number of aromatic carboxylic acids is 1. The van der Waals surface area contributed by atoms with Crippen LogP contribution < -0.4 is 0 Å². The van der Waals surface area contributed by atoms with E-state index in [1.54, 1.807) is 24.3 Å². The molecular weight excluding hydrogens is 320 g/mol. The van der Waals surface area contributed by atoms with E-state index in [1.807, 2.05) is 6.07 Å². The van der Waals surface area contributed by atoms with E-state index in [4.69, 9.17) is 5.11 Å². The number of fused-ring (bicyclic) bond motifs is 1. The summed E-state index contributed by atoms with van der Waals surface area (Å²) in [6.07, 6.45) is 0. The zero-order valence-electron chi connectivity index (χ0n) is 9.00. The Morgan fingerprint density at radius 1 is 1.28 bits per heavy atom. The number of alkyl halides is 1. The molecule has 18 heavy (non-hydrogen) atoms. The lowest BCUT2D eigenvalue weighted by molar-refractivity contribution is 0.0696. The van der Waals surface area contributed by atoms with Crippen molar-refractivity contribution in [1.82, 2.24) is 0 Å². The quantitative estimate of drug-likeness (QED) is 0.694. The van der Waals surface area contributed by atoms with Gasteiger partial charge in [0.05, 0.1) is 5.56 Å². The van der Waals surface area contributed by atoms with Crippen molar-refractivity contribution in [2.75, 3.05) is 0 Å². The molecule has 2 rings (SSSR count). The van der Waals surface area contributed by atoms with E-state index in [1.165, 1.54) is 6.07 Å². The van der Waals surface area contributed by atoms with E-state index in [0.29, 0.717) is 5.39 Å². The van der Waals surface area contributed by atoms with Crippen molar-refractivity contribution in [1.29, 1.82) is 0 Å². The molecule has 2 atom stereocenters. The van der Waals surface area contributed by atoms with Gasteiger partial charge in [-0.3, -0.25) is 4.21 Å². The predicted octanol–water partition coefficient (Wildman–Crippen LogP) is 2.81. The molecule has 0 spiro atoms. The van der Waals surface area contributed by atoms with Crippen molar-refractivity contribution >= 4 is 43.8 Å². The maximum absolute atomic E-state index is 11.2. The highest BCUT2D eigenvalue weighted by Crippen LogP contribution is 2.34. The molecular formula is C12H8BrO4S-. The van der Waals surface area contributed by atoms with Crippen molar-refractivity contribution in [2.24, 2.45) is 0 Å². The highest BCUT2D eigenvalue weighted by molar-refractivity contribution is 9.10. The zero-order valence-corrected chi connectivity index (χ0v) is 11.4. The van der Waals surface area contributed by atoms with Gasteiger partial charge in [-0.2, -0.15) is 0 Å². The first-order valence-corrected chi connectivity index (χ1v) is 7.05. The highest BCUT2D eigenvalue weighted by atomic mass is 79.9. The number of carbonyl (C=O) groups is 1. The monoisotopic (exact) mass is 327 g/mol. The van der Waals surface area contributed by atoms with E-state index in [9.17, 15) is 13.6 Å². The number of carboxylic acid groups (broad SMARTS) is 1. The van der Waals surface area contributed by atoms with Crippen molar-refractivity contribution in [2.45, 2.75) is 4.16 Å². The standard InChI is InChI=1S/C12H9BrO4S/c13-11(18(16)17)10-8-4-2-1-3-7(8)5-6-9(10)12(14)15/h1-6,11H,(H,14,15)(H,16,17)/p-1. The first-order valence-electron chi connectivity index (χ1n) is 4.99. The molecule has 0 fully saturated rings. The molecule has 0 bridgehead atoms. The molecule has 0 aliphatic heterocycles. The molecule has 4 nitrogen and oxygen atoms in total. The van der Waals surface area contributed by atoms with Crippen LogP contribution in [0.1, 0.15) is 20.1 Å². The Labute approximate surface area is 114 Å². The Hall–Kier alpha value is -1.24. The van der Waals surface area contributed by atoms with E-state index in [0.717, 1.165) is 5.39 Å². The maximum atomic E-state index is 11.2. The lowest BCUT2D eigenvalue weighted by Gasteiger charge is -2.18. The predicted molar refractivity (Wildman–Crippen MR) is 71.5 cm³/mol. The van der Waals surface area contributed by atoms with Gasteiger partial charge in [-0.25, -0.2) is 4.79 Å². The van der Waals surface area contributed by atoms with E-state index < -0.39 is 21.2 Å². The Bertz CT molecular complexity index is 641. The van der Waals surface area contributed by atoms with Gasteiger partial charge < -0.3 is 9.66 Å². The van der Waals surface area contributed by atoms with Crippen LogP contribution in [0.5, 0.6) is 0 Å². The van der Waals surface area contributed by atoms with Gasteiger partial charge in [-0.05, 0) is 33.5 Å². The summed E-state index contributed by atoms with van der Waals surface area (Å²) in [6, 6.07) is 10.1. The van der Waals surface area contributed by atoms with Gasteiger partial charge in [-0.15, -0.1) is 0 Å². The molecule has 2 aromatic rings. The van der Waals surface area contributed by atoms with Gasteiger partial charge in [0.1, 0.15) is 4.16 Å². The van der Waals surface area contributed by atoms with Crippen LogP contribution in [0.4, 0.5) is 0 Å². The Balaban J connectivity index is 2.82. The van der Waals surface area contributed by atoms with Crippen LogP contribution in [-0.4, -0.2) is 19.8 Å². The minimum atomic E-state index is -2.44. The third-order valence-electron chi connectivity index (χ3n) is 2.60. The number of benzene rings is 2. The van der Waals surface area contributed by atoms with Crippen molar-refractivity contribution < 1.29 is 18.7 Å². The van der Waals surface area contributed by atoms with Crippen LogP contribution in [0.2, 0.25) is 0 Å². The molecule has 0 aliphatic rings. The van der Waals surface area contributed by atoms with E-state index in [-0.39, 0.29) is 11.1 Å². The third-order valence-corrected chi connectivity index (χ3v) is 4.54. The largest absolute Gasteiger partial charge is 0.771 e. The second-order valence-electron chi connectivity index (χ2n) is 3.63. The molecule has 94 valence electrons. The Kier molecular flexibility index (Phi) is 3.79. The van der Waals surface area contributed by atoms with Crippen molar-refractivity contribution in [3.8, 4) is 0 Å². The van der Waals surface area contributed by atoms with Crippen LogP contribution in [0, 0.1) is 0 Å². The average Bonchev–Trinajstić information content (AvgIpc) is 2.36. The molecule has 2 unspecified atom stereocenters. The second-order valence-corrected chi connectivity index (χ2v) is 6.14. The molecule has 2 aromatic carbocycles. The molecule has 0 radical (unpaired) electrons. The van der Waals surface area contributed by atoms with Gasteiger partial charge in [0.25, 0.3) is 0 Å². The topological polar surface area (TPSA) is 77.4 Å². The third kappa shape index (κ3) is 2.31. The first-order chi connectivity index (χ1) is 8.52. The summed E-state index contributed by atoms with van der Waals surface area (Å²) >= 11 is 0.574. The van der Waals surface area contributed by atoms with Gasteiger partial charge in [0, 0.05) is 0 Å². The maximum Gasteiger partial charge on any atom is 0.336 e. The Morgan fingerprint density at radius 2 is 1.94 bits per heavy atom. The number of hydrogen-bond donors (Lipinski definition) is 1. The minimum Gasteiger partial charge on any atom is -0.771 e. The van der Waals surface area contributed by atoms with Gasteiger partial charge in [-0.1, -0.05) is 46.3 Å². The summed E-state index contributed by atoms with van der Waals surface area (Å²) in [6.45, 7) is 0. The number of carboxylic acids is 1. The van der Waals surface area contributed by atoms with Crippen LogP contribution in [0.3, 0.4) is 0 Å². The van der Waals surface area contributed by atoms with Crippen LogP contribution in [-0.2, 0) is 11.1 Å². The fourth-order valence-corrected chi connectivity index (χ4v) is 2.76. The molecule has 6 heteroatoms. The fraction of sp³-hybridized carbons (Fsp3) is 0.0833. The highest BCUT2D eigenvalue weighted by Gasteiger charge is 2.20. The van der Waals surface area contributed by atoms with Gasteiger partial charge in [0.15, 0.2) is 0 Å². The molecule has 0 heterocycles. The molecule has 1 N–H and O–H groups in total.